The summed E-state index contributed by atoms with van der Waals surface area (Å²) < 4.78 is 12.4. The van der Waals surface area contributed by atoms with Crippen molar-refractivity contribution in [2.75, 3.05) is 6.61 Å². The molecule has 3 aromatic rings. The molecule has 0 radical (unpaired) electrons. The molecule has 0 saturated carbocycles. The van der Waals surface area contributed by atoms with E-state index in [4.69, 9.17) is 9.15 Å². The van der Waals surface area contributed by atoms with E-state index in [0.717, 1.165) is 14.3 Å². The number of aromatic nitrogens is 1. The third-order valence-electron chi connectivity index (χ3n) is 2.78. The summed E-state index contributed by atoms with van der Waals surface area (Å²) in [7, 11) is 0. The molecule has 0 unspecified atom stereocenters. The molecule has 1 aromatic carbocycles. The Morgan fingerprint density at radius 2 is 2.14 bits per heavy atom. The average molecular weight is 431 g/mol. The number of nitrogens with zero attached hydrogens (tertiary/aromatic N) is 1. The van der Waals surface area contributed by atoms with Crippen LogP contribution in [0.15, 0.2) is 41.7 Å². The van der Waals surface area contributed by atoms with Gasteiger partial charge in [-0.2, -0.15) is 0 Å². The van der Waals surface area contributed by atoms with E-state index < -0.39 is 5.63 Å². The van der Waals surface area contributed by atoms with Crippen molar-refractivity contribution in [3.8, 4) is 16.5 Å². The Labute approximate surface area is 141 Å². The number of benzene rings is 1. The summed E-state index contributed by atoms with van der Waals surface area (Å²) in [6, 6.07) is 5.50. The molecule has 7 heteroatoms. The Morgan fingerprint density at radius 3 is 2.90 bits per heavy atom. The maximum Gasteiger partial charge on any atom is 0.345 e. The number of hydrogen-bond acceptors (Lipinski definition) is 5. The molecule has 4 nitrogen and oxygen atoms in total. The minimum atomic E-state index is -0.418. The lowest BCUT2D eigenvalue weighted by Gasteiger charge is -2.03. The molecule has 3 rings (SSSR count). The van der Waals surface area contributed by atoms with E-state index in [2.05, 4.69) is 36.8 Å². The Morgan fingerprint density at radius 1 is 1.33 bits per heavy atom. The van der Waals surface area contributed by atoms with Gasteiger partial charge in [-0.05, 0) is 41.1 Å². The van der Waals surface area contributed by atoms with Gasteiger partial charge in [-0.3, -0.25) is 0 Å². The highest BCUT2D eigenvalue weighted by atomic mass is 79.9. The van der Waals surface area contributed by atoms with Gasteiger partial charge in [0.1, 0.15) is 0 Å². The number of rotatable bonds is 3. The highest BCUT2D eigenvalue weighted by molar-refractivity contribution is 9.11. The molecule has 0 amide bonds. The first-order valence-corrected chi connectivity index (χ1v) is 8.56. The Hall–Kier alpha value is -1.18. The molecule has 0 aliphatic rings. The van der Waals surface area contributed by atoms with Crippen LogP contribution in [0.1, 0.15) is 6.92 Å². The van der Waals surface area contributed by atoms with Gasteiger partial charge in [0, 0.05) is 15.2 Å². The van der Waals surface area contributed by atoms with Crippen LogP contribution in [0, 0.1) is 0 Å². The quantitative estimate of drug-likeness (QED) is 0.558. The van der Waals surface area contributed by atoms with Gasteiger partial charge in [0.2, 0.25) is 0 Å². The molecule has 21 heavy (non-hydrogen) atoms. The van der Waals surface area contributed by atoms with E-state index >= 15 is 0 Å². The first kappa shape index (κ1) is 14.7. The van der Waals surface area contributed by atoms with E-state index in [1.54, 1.807) is 11.4 Å². The Bertz CT molecular complexity index is 872. The van der Waals surface area contributed by atoms with Crippen molar-refractivity contribution in [1.29, 1.82) is 0 Å². The minimum Gasteiger partial charge on any atom is -0.470 e. The third kappa shape index (κ3) is 2.90. The minimum absolute atomic E-state index is 0.418. The molecule has 0 atom stereocenters. The zero-order chi connectivity index (χ0) is 15.0. The topological polar surface area (TPSA) is 52.3 Å². The molecular formula is C14H9Br2NO3S. The smallest absolute Gasteiger partial charge is 0.345 e. The lowest BCUT2D eigenvalue weighted by molar-refractivity contribution is 0.338. The van der Waals surface area contributed by atoms with Crippen LogP contribution in [0.25, 0.3) is 22.2 Å². The van der Waals surface area contributed by atoms with Crippen molar-refractivity contribution in [3.05, 3.63) is 42.9 Å². The summed E-state index contributed by atoms with van der Waals surface area (Å²) >= 11 is 8.17. The summed E-state index contributed by atoms with van der Waals surface area (Å²) in [6.07, 6.45) is 0. The summed E-state index contributed by atoms with van der Waals surface area (Å²) in [5.41, 5.74) is 1.09. The van der Waals surface area contributed by atoms with Crippen molar-refractivity contribution in [2.24, 2.45) is 0 Å². The van der Waals surface area contributed by atoms with Crippen LogP contribution >= 0.6 is 43.2 Å². The molecule has 2 aromatic heterocycles. The lowest BCUT2D eigenvalue weighted by atomic mass is 10.1. The van der Waals surface area contributed by atoms with Gasteiger partial charge in [-0.25, -0.2) is 9.78 Å². The highest BCUT2D eigenvalue weighted by Crippen LogP contribution is 2.31. The molecule has 0 fully saturated rings. The number of fused-ring (bicyclic) bond motifs is 1. The number of thiazole rings is 1. The summed E-state index contributed by atoms with van der Waals surface area (Å²) in [5, 5.41) is 3.15. The first-order valence-electron chi connectivity index (χ1n) is 6.10. The molecule has 2 heterocycles. The van der Waals surface area contributed by atoms with Crippen molar-refractivity contribution >= 4 is 54.2 Å². The second-order valence-electron chi connectivity index (χ2n) is 4.19. The molecule has 0 bridgehead atoms. The molecule has 0 aliphatic carbocycles. The van der Waals surface area contributed by atoms with Gasteiger partial charge in [-0.1, -0.05) is 27.3 Å². The van der Waals surface area contributed by atoms with E-state index in [1.165, 1.54) is 11.3 Å². The van der Waals surface area contributed by atoms with Crippen molar-refractivity contribution < 1.29 is 9.15 Å². The predicted octanol–water partition coefficient (Wildman–Crippen LogP) is 4.84. The molecule has 0 N–H and O–H groups in total. The van der Waals surface area contributed by atoms with Crippen LogP contribution < -0.4 is 10.4 Å². The molecule has 0 saturated heterocycles. The lowest BCUT2D eigenvalue weighted by Crippen LogP contribution is -2.03. The van der Waals surface area contributed by atoms with Crippen molar-refractivity contribution in [1.82, 2.24) is 4.98 Å². The molecule has 108 valence electrons. The maximum atomic E-state index is 12.2. The Kier molecular flexibility index (Phi) is 4.14. The largest absolute Gasteiger partial charge is 0.470 e. The summed E-state index contributed by atoms with van der Waals surface area (Å²) in [5.74, 6) is 0. The van der Waals surface area contributed by atoms with Crippen molar-refractivity contribution in [2.45, 2.75) is 6.92 Å². The zero-order valence-electron chi connectivity index (χ0n) is 10.9. The van der Waals surface area contributed by atoms with Gasteiger partial charge >= 0.3 is 5.63 Å². The fourth-order valence-electron chi connectivity index (χ4n) is 1.91. The van der Waals surface area contributed by atoms with Crippen LogP contribution in [0.3, 0.4) is 0 Å². The number of halogens is 2. The average Bonchev–Trinajstić information content (AvgIpc) is 2.88. The van der Waals surface area contributed by atoms with E-state index in [1.807, 2.05) is 19.1 Å². The third-order valence-corrected chi connectivity index (χ3v) is 4.58. The second-order valence-corrected chi connectivity index (χ2v) is 6.78. The fraction of sp³-hybridized carbons (Fsp3) is 0.143. The van der Waals surface area contributed by atoms with Gasteiger partial charge < -0.3 is 9.15 Å². The Balaban J connectivity index is 2.18. The highest BCUT2D eigenvalue weighted by Gasteiger charge is 2.13. The maximum absolute atomic E-state index is 12.2. The van der Waals surface area contributed by atoms with Crippen molar-refractivity contribution in [3.63, 3.8) is 0 Å². The van der Waals surface area contributed by atoms with Crippen LogP contribution in [0.2, 0.25) is 0 Å². The molecular weight excluding hydrogens is 422 g/mol. The van der Waals surface area contributed by atoms with Gasteiger partial charge in [-0.15, -0.1) is 0 Å². The molecule has 0 aliphatic heterocycles. The predicted molar refractivity (Wildman–Crippen MR) is 90.2 cm³/mol. The van der Waals surface area contributed by atoms with Crippen LogP contribution in [0.5, 0.6) is 5.19 Å². The first-order chi connectivity index (χ1) is 10.1. The van der Waals surface area contributed by atoms with E-state index in [-0.39, 0.29) is 0 Å². The summed E-state index contributed by atoms with van der Waals surface area (Å²) in [4.78, 5) is 16.5. The number of hydrogen-bond donors (Lipinski definition) is 0. The SMILES string of the molecule is CCOc1nc(-c2cc3cc(Br)cc(Br)c3oc2=O)cs1. The summed E-state index contributed by atoms with van der Waals surface area (Å²) in [6.45, 7) is 2.43. The number of ether oxygens (including phenoxy) is 1. The standard InChI is InChI=1S/C14H9Br2NO3S/c1-2-19-14-17-11(6-21-14)9-4-7-3-8(15)5-10(16)12(7)20-13(9)18/h3-6H,2H2,1H3. The fourth-order valence-corrected chi connectivity index (χ4v) is 3.97. The van der Waals surface area contributed by atoms with Crippen LogP contribution in [0.4, 0.5) is 0 Å². The molecule has 0 spiro atoms. The normalized spacial score (nSPS) is 11.0. The van der Waals surface area contributed by atoms with E-state index in [9.17, 15) is 4.79 Å². The van der Waals surface area contributed by atoms with Gasteiger partial charge in [0.15, 0.2) is 5.58 Å². The van der Waals surface area contributed by atoms with Crippen LogP contribution in [-0.2, 0) is 0 Å². The van der Waals surface area contributed by atoms with Crippen LogP contribution in [-0.4, -0.2) is 11.6 Å². The second kappa shape index (κ2) is 5.90. The van der Waals surface area contributed by atoms with Gasteiger partial charge in [0.05, 0.1) is 22.3 Å². The monoisotopic (exact) mass is 429 g/mol. The zero-order valence-corrected chi connectivity index (χ0v) is 14.8. The van der Waals surface area contributed by atoms with Gasteiger partial charge in [0.25, 0.3) is 5.19 Å². The van der Waals surface area contributed by atoms with E-state index in [0.29, 0.717) is 28.6 Å².